The van der Waals surface area contributed by atoms with Crippen LogP contribution in [0.2, 0.25) is 0 Å². The van der Waals surface area contributed by atoms with E-state index < -0.39 is 355 Å². The highest BCUT2D eigenvalue weighted by Gasteiger charge is 2.78. The minimum atomic E-state index is -2.26. The molecule has 8 heterocycles. The molecule has 12 aliphatic rings. The zero-order valence-corrected chi connectivity index (χ0v) is 70.9. The maximum atomic E-state index is 13.4. The molecule has 50 atom stereocenters. The van der Waals surface area contributed by atoms with Gasteiger partial charge in [0.05, 0.1) is 76.8 Å². The number of allylic oxidation sites excluding steroid dienone is 1. The molecule has 44 nitrogen and oxygen atoms in total. The summed E-state index contributed by atoms with van der Waals surface area (Å²) in [7, 11) is 0. The molecule has 28 N–H and O–H groups in total. The van der Waals surface area contributed by atoms with E-state index in [1.807, 2.05) is 13.8 Å². The second-order valence-electron chi connectivity index (χ2n) is 38.3. The van der Waals surface area contributed by atoms with Gasteiger partial charge in [0, 0.05) is 10.8 Å². The molecule has 0 radical (unpaired) electrons. The fourth-order valence-electron chi connectivity index (χ4n) is 22.8. The van der Waals surface area contributed by atoms with E-state index in [1.54, 1.807) is 0 Å². The van der Waals surface area contributed by atoms with Gasteiger partial charge in [-0.3, -0.25) is 0 Å². The molecule has 8 saturated heterocycles. The summed E-state index contributed by atoms with van der Waals surface area (Å²) >= 11 is 0. The van der Waals surface area contributed by atoms with Crippen molar-refractivity contribution in [2.45, 2.75) is 390 Å². The molecule has 10 unspecified atom stereocenters. The molecular formula is C80H136O44. The third-order valence-electron chi connectivity index (χ3n) is 30.9. The number of hydrogen-bond acceptors (Lipinski definition) is 44. The zero-order valence-electron chi connectivity index (χ0n) is 70.9. The fourth-order valence-corrected chi connectivity index (χ4v) is 22.8. The molecule has 3 saturated carbocycles. The van der Waals surface area contributed by atoms with E-state index in [0.717, 1.165) is 12.0 Å². The van der Waals surface area contributed by atoms with Crippen LogP contribution in [0.15, 0.2) is 11.6 Å². The standard InChI is InChI=1S/C80H136O44/c1-28(29-13-17-78(8)77(29,7)19-39(89)80(10)76(6)16-15-40(74(2,3)38(76)14-18-79(78,80)9)117-66-55(103)48(96)60(33(23-84)112-66)122-70-56(104)49(97)61(34(24-85)113-70)119-67-52(100)45(93)42(90)30(20-81)109-67)11-12-41(75(4,5)108)118-73-65(124-72-58(106)51(99)63(36(26-87)115-72)121-69-54(102)47(95)44(92)32(22-83)111-69)59(107)64(37(27-88)116-73)123-71-57(105)50(98)62(35(25-86)114-71)120-68-53(101)46(94)43(91)31(21-82)110-68/h14,28-37,39-73,81-108H,11-13,15-27H2,1-10H3/t28-,29?,30-,31-,32-,33-,34-,35-,36-,37-,39?,40+,41-,42-,43-,44-,45+,46+,47+,48-,49-,50-,51-,52-,53-,54-,55-,56-,57-,58-,59+,60-,61-,62-,63-,64-,65-,66?,67?,68?,69?,70?,71?,72?,73?,76-,77-,78-,79+,80+/m1/s1. The van der Waals surface area contributed by atoms with Gasteiger partial charge in [-0.25, -0.2) is 0 Å². The van der Waals surface area contributed by atoms with E-state index in [-0.39, 0.29) is 18.3 Å². The summed E-state index contributed by atoms with van der Waals surface area (Å²) in [4.78, 5) is 0. The number of hydrogen-bond donors (Lipinski definition) is 28. The Kier molecular flexibility index (Phi) is 31.9. The average molecular weight is 1800 g/mol. The van der Waals surface area contributed by atoms with Crippen molar-refractivity contribution in [2.24, 2.45) is 44.3 Å². The molecular weight excluding hydrogens is 1660 g/mol. The number of fused-ring (bicyclic) bond motifs is 5. The molecule has 0 aromatic rings. The van der Waals surface area contributed by atoms with Crippen molar-refractivity contribution in [1.82, 2.24) is 0 Å². The lowest BCUT2D eigenvalue weighted by Gasteiger charge is -2.75. The van der Waals surface area contributed by atoms with Gasteiger partial charge < -0.3 is 219 Å². The van der Waals surface area contributed by atoms with Gasteiger partial charge in [-0.05, 0) is 98.7 Å². The molecule has 0 bridgehead atoms. The van der Waals surface area contributed by atoms with Crippen molar-refractivity contribution >= 4 is 0 Å². The highest BCUT2D eigenvalue weighted by atomic mass is 16.8. The van der Waals surface area contributed by atoms with Gasteiger partial charge >= 0.3 is 0 Å². The Morgan fingerprint density at radius 2 is 0.661 bits per heavy atom. The fraction of sp³-hybridized carbons (Fsp3) is 0.975. The lowest BCUT2D eigenvalue weighted by atomic mass is 9.29. The molecule has 124 heavy (non-hydrogen) atoms. The van der Waals surface area contributed by atoms with Gasteiger partial charge in [0.25, 0.3) is 0 Å². The largest absolute Gasteiger partial charge is 0.394 e. The first kappa shape index (κ1) is 101. The van der Waals surface area contributed by atoms with Gasteiger partial charge in [0.15, 0.2) is 50.3 Å². The topological polar surface area (TPSA) is 714 Å². The maximum Gasteiger partial charge on any atom is 0.187 e. The van der Waals surface area contributed by atoms with Crippen molar-refractivity contribution in [2.75, 3.05) is 52.9 Å². The van der Waals surface area contributed by atoms with Crippen molar-refractivity contribution in [3.8, 4) is 0 Å². The van der Waals surface area contributed by atoms with Crippen molar-refractivity contribution in [3.63, 3.8) is 0 Å². The molecule has 12 rings (SSSR count). The Balaban J connectivity index is 0.740. The summed E-state index contributed by atoms with van der Waals surface area (Å²) in [5.41, 5.74) is -4.90. The summed E-state index contributed by atoms with van der Waals surface area (Å²) in [6.45, 7) is 12.6. The second kappa shape index (κ2) is 39.1. The lowest BCUT2D eigenvalue weighted by molar-refractivity contribution is -0.404. The summed E-state index contributed by atoms with van der Waals surface area (Å²) in [6, 6.07) is 0. The Morgan fingerprint density at radius 3 is 1.00 bits per heavy atom. The van der Waals surface area contributed by atoms with E-state index in [0.29, 0.717) is 38.5 Å². The van der Waals surface area contributed by atoms with E-state index in [2.05, 4.69) is 47.6 Å². The first-order chi connectivity index (χ1) is 58.1. The average Bonchev–Trinajstić information content (AvgIpc) is 1.29. The van der Waals surface area contributed by atoms with Crippen molar-refractivity contribution in [3.05, 3.63) is 11.6 Å². The molecule has 0 aromatic heterocycles. The van der Waals surface area contributed by atoms with E-state index in [4.69, 9.17) is 75.8 Å². The normalized spacial score (nSPS) is 53.0. The van der Waals surface area contributed by atoms with E-state index >= 15 is 0 Å². The number of aliphatic hydroxyl groups excluding tert-OH is 27. The number of aliphatic hydroxyl groups is 28. The molecule has 0 spiro atoms. The third kappa shape index (κ3) is 17.7. The minimum Gasteiger partial charge on any atom is -0.394 e. The number of ether oxygens (including phenoxy) is 16. The lowest BCUT2D eigenvalue weighted by Crippen LogP contribution is -2.72. The van der Waals surface area contributed by atoms with Gasteiger partial charge in [-0.2, -0.15) is 0 Å². The predicted molar refractivity (Wildman–Crippen MR) is 407 cm³/mol. The van der Waals surface area contributed by atoms with Crippen LogP contribution < -0.4 is 0 Å². The molecule has 44 heteroatoms. The van der Waals surface area contributed by atoms with Crippen LogP contribution in [0.1, 0.15) is 121 Å². The van der Waals surface area contributed by atoms with Crippen LogP contribution in [-0.2, 0) is 75.8 Å². The van der Waals surface area contributed by atoms with Crippen molar-refractivity contribution in [1.29, 1.82) is 0 Å². The molecule has 4 aliphatic carbocycles. The van der Waals surface area contributed by atoms with Crippen LogP contribution in [0.25, 0.3) is 0 Å². The first-order valence-corrected chi connectivity index (χ1v) is 42.9. The molecule has 0 aromatic carbocycles. The van der Waals surface area contributed by atoms with Crippen LogP contribution in [0.4, 0.5) is 0 Å². The van der Waals surface area contributed by atoms with Gasteiger partial charge in [0.2, 0.25) is 0 Å². The number of rotatable bonds is 29. The molecule has 11 fully saturated rings. The van der Waals surface area contributed by atoms with Crippen LogP contribution >= 0.6 is 0 Å². The highest BCUT2D eigenvalue weighted by Crippen LogP contribution is 2.82. The van der Waals surface area contributed by atoms with Gasteiger partial charge in [0.1, 0.15) is 195 Å². The summed E-state index contributed by atoms with van der Waals surface area (Å²) < 4.78 is 95.6. The summed E-state index contributed by atoms with van der Waals surface area (Å²) in [5, 5.41) is 310. The van der Waals surface area contributed by atoms with Gasteiger partial charge in [-0.1, -0.05) is 67.0 Å². The van der Waals surface area contributed by atoms with Crippen LogP contribution in [0, 0.1) is 44.3 Å². The van der Waals surface area contributed by atoms with Crippen molar-refractivity contribution < 1.29 is 219 Å². The SMILES string of the molecule is C[C@H](CC[C@@H](OC1O[C@H](CO)[C@@H](OC2O[C@H](CO)[C@@H](OC3O[C@H](CO)[C@@H](O)[C@H](O)[C@H]3O)[C@H](O)[C@H]2O)[C@H](O)[C@H]1OC1O[C@H](CO)[C@@H](OC2O[C@H](CO)[C@@H](O)[C@H](O)[C@H]2O)[C@H](O)[C@H]1O)C(C)(C)O)C1CC[C@@]2(C)[C@]3(C)CC=C4C(C)(C)[C@@H](OC5O[C@H](CO)[C@@H](OC6O[C@H](CO)[C@@H](OC7O[C@H](CO)[C@@H](O)[C@H](O)[C@H]7O)[C@H](O)[C@H]6O)[C@H](O)[C@H]5O)CC[C@@]4(C)[C@]3(C)C(O)C[C@]12C. The third-order valence-corrected chi connectivity index (χ3v) is 30.9. The zero-order chi connectivity index (χ0) is 91.4. The summed E-state index contributed by atoms with van der Waals surface area (Å²) in [5.74, 6) is -0.288. The maximum absolute atomic E-state index is 13.4. The molecule has 0 amide bonds. The minimum absolute atomic E-state index is 0.0332. The van der Waals surface area contributed by atoms with Crippen LogP contribution in [0.5, 0.6) is 0 Å². The van der Waals surface area contributed by atoms with Crippen LogP contribution in [-0.4, -0.2) is 465 Å². The first-order valence-electron chi connectivity index (χ1n) is 42.9. The van der Waals surface area contributed by atoms with Crippen LogP contribution in [0.3, 0.4) is 0 Å². The Labute approximate surface area is 715 Å². The van der Waals surface area contributed by atoms with E-state index in [9.17, 15) is 143 Å². The Morgan fingerprint density at radius 1 is 0.355 bits per heavy atom. The predicted octanol–water partition coefficient (Wildman–Crippen LogP) is -11.2. The Hall–Kier alpha value is -2.02. The van der Waals surface area contributed by atoms with Gasteiger partial charge in [-0.15, -0.1) is 0 Å². The second-order valence-corrected chi connectivity index (χ2v) is 38.3. The molecule has 8 aliphatic heterocycles. The van der Waals surface area contributed by atoms with E-state index in [1.165, 1.54) is 13.8 Å². The molecule has 720 valence electrons. The summed E-state index contributed by atoms with van der Waals surface area (Å²) in [6.07, 6.45) is -72.3. The highest BCUT2D eigenvalue weighted by molar-refractivity contribution is 5.39. The monoisotopic (exact) mass is 1800 g/mol. The quantitative estimate of drug-likeness (QED) is 0.0309. The smallest absolute Gasteiger partial charge is 0.187 e. The Bertz CT molecular complexity index is 3450.